The third-order valence-electron chi connectivity index (χ3n) is 3.12. The molecule has 1 unspecified atom stereocenters. The summed E-state index contributed by atoms with van der Waals surface area (Å²) in [6.07, 6.45) is 4.16. The Kier molecular flexibility index (Phi) is 5.03. The molecule has 0 amide bonds. The third kappa shape index (κ3) is 3.81. The van der Waals surface area contributed by atoms with Crippen LogP contribution in [-0.2, 0) is 6.54 Å². The number of aliphatic hydroxyl groups excluding tert-OH is 1. The van der Waals surface area contributed by atoms with Crippen molar-refractivity contribution in [3.05, 3.63) is 22.6 Å². The summed E-state index contributed by atoms with van der Waals surface area (Å²) in [5.41, 5.74) is 0. The van der Waals surface area contributed by atoms with Gasteiger partial charge in [-0.3, -0.25) is 4.90 Å². The number of aliphatic hydroxyl groups is 1. The zero-order valence-corrected chi connectivity index (χ0v) is 11.4. The summed E-state index contributed by atoms with van der Waals surface area (Å²) in [6.45, 7) is 3.69. The fraction of sp³-hybridized carbons (Fsp3) is 0.667. The number of hydrogen-bond acceptors (Lipinski definition) is 4. The van der Waals surface area contributed by atoms with Crippen LogP contribution in [0.5, 0.6) is 0 Å². The lowest BCUT2D eigenvalue weighted by atomic mass is 10.2. The molecule has 5 heteroatoms. The van der Waals surface area contributed by atoms with Gasteiger partial charge in [-0.05, 0) is 41.4 Å². The van der Waals surface area contributed by atoms with Gasteiger partial charge in [-0.2, -0.15) is 0 Å². The van der Waals surface area contributed by atoms with E-state index in [0.29, 0.717) is 12.6 Å². The first-order valence-electron chi connectivity index (χ1n) is 6.08. The molecule has 2 N–H and O–H groups in total. The van der Waals surface area contributed by atoms with Crippen LogP contribution >= 0.6 is 15.9 Å². The highest BCUT2D eigenvalue weighted by Crippen LogP contribution is 2.19. The summed E-state index contributed by atoms with van der Waals surface area (Å²) in [7, 11) is 0. The van der Waals surface area contributed by atoms with E-state index in [2.05, 4.69) is 26.1 Å². The minimum absolute atomic E-state index is 0.186. The van der Waals surface area contributed by atoms with Crippen LogP contribution in [0.25, 0.3) is 0 Å². The van der Waals surface area contributed by atoms with E-state index in [1.165, 1.54) is 12.8 Å². The Labute approximate surface area is 110 Å². The highest BCUT2D eigenvalue weighted by atomic mass is 79.9. The molecule has 96 valence electrons. The molecule has 17 heavy (non-hydrogen) atoms. The quantitative estimate of drug-likeness (QED) is 0.838. The van der Waals surface area contributed by atoms with Crippen LogP contribution in [0.3, 0.4) is 0 Å². The summed E-state index contributed by atoms with van der Waals surface area (Å²) < 4.78 is 6.41. The molecule has 1 atom stereocenters. The van der Waals surface area contributed by atoms with E-state index in [1.807, 2.05) is 6.07 Å². The molecule has 1 aliphatic rings. The average Bonchev–Trinajstić information content (AvgIpc) is 2.92. The normalized spacial score (nSPS) is 20.3. The lowest BCUT2D eigenvalue weighted by Crippen LogP contribution is -2.38. The maximum Gasteiger partial charge on any atom is 0.131 e. The molecular formula is C12H19BrN2O2. The van der Waals surface area contributed by atoms with Crippen molar-refractivity contribution in [3.63, 3.8) is 0 Å². The van der Waals surface area contributed by atoms with Crippen LogP contribution in [0.4, 0.5) is 0 Å². The Bertz CT molecular complexity index is 337. The topological polar surface area (TPSA) is 48.6 Å². The molecule has 1 fully saturated rings. The maximum absolute atomic E-state index is 9.10. The minimum atomic E-state index is 0.186. The molecule has 2 rings (SSSR count). The first kappa shape index (κ1) is 13.1. The highest BCUT2D eigenvalue weighted by Gasteiger charge is 2.19. The predicted octanol–water partition coefficient (Wildman–Crippen LogP) is 1.59. The van der Waals surface area contributed by atoms with Gasteiger partial charge >= 0.3 is 0 Å². The average molecular weight is 303 g/mol. The maximum atomic E-state index is 9.10. The Morgan fingerprint density at radius 1 is 1.59 bits per heavy atom. The standard InChI is InChI=1S/C12H19BrN2O2/c13-11-3-7-17-12(11)9-15(5-6-16)8-10-2-1-4-14-10/h3,7,10,14,16H,1-2,4-6,8-9H2. The van der Waals surface area contributed by atoms with Crippen molar-refractivity contribution in [1.82, 2.24) is 10.2 Å². The van der Waals surface area contributed by atoms with Gasteiger partial charge < -0.3 is 14.8 Å². The second kappa shape index (κ2) is 6.54. The number of furan rings is 1. The number of hydrogen-bond donors (Lipinski definition) is 2. The Balaban J connectivity index is 1.89. The zero-order valence-electron chi connectivity index (χ0n) is 9.86. The SMILES string of the molecule is OCCN(Cc1occc1Br)CC1CCCN1. The van der Waals surface area contributed by atoms with Crippen molar-refractivity contribution >= 4 is 15.9 Å². The van der Waals surface area contributed by atoms with E-state index in [9.17, 15) is 0 Å². The predicted molar refractivity (Wildman–Crippen MR) is 69.8 cm³/mol. The molecule has 1 aromatic rings. The van der Waals surface area contributed by atoms with Crippen molar-refractivity contribution in [2.45, 2.75) is 25.4 Å². The van der Waals surface area contributed by atoms with E-state index >= 15 is 0 Å². The van der Waals surface area contributed by atoms with Gasteiger partial charge in [0.05, 0.1) is 23.9 Å². The molecule has 1 aliphatic heterocycles. The molecule has 0 radical (unpaired) electrons. The summed E-state index contributed by atoms with van der Waals surface area (Å²) >= 11 is 3.46. The fourth-order valence-electron chi connectivity index (χ4n) is 2.24. The Hall–Kier alpha value is -0.360. The van der Waals surface area contributed by atoms with Crippen molar-refractivity contribution in [1.29, 1.82) is 0 Å². The number of nitrogens with zero attached hydrogens (tertiary/aromatic N) is 1. The van der Waals surface area contributed by atoms with Gasteiger partial charge in [-0.15, -0.1) is 0 Å². The number of nitrogens with one attached hydrogen (secondary N) is 1. The van der Waals surface area contributed by atoms with Crippen molar-refractivity contribution in [2.24, 2.45) is 0 Å². The lowest BCUT2D eigenvalue weighted by molar-refractivity contribution is 0.169. The van der Waals surface area contributed by atoms with E-state index in [1.54, 1.807) is 6.26 Å². The smallest absolute Gasteiger partial charge is 0.131 e. The van der Waals surface area contributed by atoms with E-state index in [4.69, 9.17) is 9.52 Å². The highest BCUT2D eigenvalue weighted by molar-refractivity contribution is 9.10. The largest absolute Gasteiger partial charge is 0.467 e. The molecule has 0 bridgehead atoms. The summed E-state index contributed by atoms with van der Waals surface area (Å²) in [4.78, 5) is 2.23. The Morgan fingerprint density at radius 3 is 3.06 bits per heavy atom. The molecule has 0 aliphatic carbocycles. The zero-order chi connectivity index (χ0) is 12.1. The second-order valence-corrected chi connectivity index (χ2v) is 5.30. The number of rotatable bonds is 6. The lowest BCUT2D eigenvalue weighted by Gasteiger charge is -2.24. The molecule has 0 saturated carbocycles. The molecule has 0 spiro atoms. The van der Waals surface area contributed by atoms with Gasteiger partial charge in [-0.25, -0.2) is 0 Å². The molecular weight excluding hydrogens is 284 g/mol. The van der Waals surface area contributed by atoms with Crippen LogP contribution < -0.4 is 5.32 Å². The van der Waals surface area contributed by atoms with Gasteiger partial charge in [0.1, 0.15) is 5.76 Å². The summed E-state index contributed by atoms with van der Waals surface area (Å²) in [5.74, 6) is 0.927. The van der Waals surface area contributed by atoms with Crippen LogP contribution in [-0.4, -0.2) is 42.3 Å². The van der Waals surface area contributed by atoms with E-state index in [0.717, 1.165) is 29.9 Å². The van der Waals surface area contributed by atoms with Crippen LogP contribution in [0, 0.1) is 0 Å². The second-order valence-electron chi connectivity index (χ2n) is 4.44. The monoisotopic (exact) mass is 302 g/mol. The van der Waals surface area contributed by atoms with Crippen LogP contribution in [0.2, 0.25) is 0 Å². The van der Waals surface area contributed by atoms with Gasteiger partial charge in [0.25, 0.3) is 0 Å². The number of halogens is 1. The molecule has 2 heterocycles. The van der Waals surface area contributed by atoms with E-state index in [-0.39, 0.29) is 6.61 Å². The van der Waals surface area contributed by atoms with Gasteiger partial charge in [0.2, 0.25) is 0 Å². The minimum Gasteiger partial charge on any atom is -0.467 e. The van der Waals surface area contributed by atoms with Gasteiger partial charge in [0.15, 0.2) is 0 Å². The first-order chi connectivity index (χ1) is 8.29. The first-order valence-corrected chi connectivity index (χ1v) is 6.87. The van der Waals surface area contributed by atoms with Crippen molar-refractivity contribution in [3.8, 4) is 0 Å². The van der Waals surface area contributed by atoms with Crippen molar-refractivity contribution in [2.75, 3.05) is 26.2 Å². The van der Waals surface area contributed by atoms with Gasteiger partial charge in [0, 0.05) is 19.1 Å². The molecule has 1 saturated heterocycles. The van der Waals surface area contributed by atoms with E-state index < -0.39 is 0 Å². The molecule has 1 aromatic heterocycles. The fourth-order valence-corrected chi connectivity index (χ4v) is 2.57. The third-order valence-corrected chi connectivity index (χ3v) is 3.82. The summed E-state index contributed by atoms with van der Waals surface area (Å²) in [6, 6.07) is 2.45. The van der Waals surface area contributed by atoms with Gasteiger partial charge in [-0.1, -0.05) is 0 Å². The molecule has 4 nitrogen and oxygen atoms in total. The van der Waals surface area contributed by atoms with Crippen LogP contribution in [0.1, 0.15) is 18.6 Å². The molecule has 0 aromatic carbocycles. The van der Waals surface area contributed by atoms with Crippen LogP contribution in [0.15, 0.2) is 21.2 Å². The Morgan fingerprint density at radius 2 is 2.47 bits per heavy atom. The summed E-state index contributed by atoms with van der Waals surface area (Å²) in [5, 5.41) is 12.6. The van der Waals surface area contributed by atoms with Crippen molar-refractivity contribution < 1.29 is 9.52 Å².